The molecule has 0 aliphatic rings. The second kappa shape index (κ2) is 18.6. The van der Waals surface area contributed by atoms with Gasteiger partial charge in [0.2, 0.25) is 0 Å². The zero-order valence-corrected chi connectivity index (χ0v) is 18.9. The molecule has 0 rings (SSSR count). The van der Waals surface area contributed by atoms with Gasteiger partial charge in [0.1, 0.15) is 0 Å². The fourth-order valence-corrected chi connectivity index (χ4v) is 3.42. The van der Waals surface area contributed by atoms with Crippen molar-refractivity contribution in [2.45, 2.75) is 91.9 Å². The standard InChI is InChI=1S/C22H42O4S/c1-19(2)11-7-5-9-15-25-21(23)13-17-27-18-14-22(24)26-16-10-6-8-12-20(3)4/h19-20H,5-18H2,1-4H3. The number of unbranched alkanes of at least 4 members (excludes halogenated alkanes) is 4. The van der Waals surface area contributed by atoms with E-state index in [1.807, 2.05) is 0 Å². The number of carbonyl (C=O) groups excluding carboxylic acids is 2. The third-order valence-corrected chi connectivity index (χ3v) is 5.26. The summed E-state index contributed by atoms with van der Waals surface area (Å²) < 4.78 is 10.5. The summed E-state index contributed by atoms with van der Waals surface area (Å²) in [6.07, 6.45) is 9.89. The van der Waals surface area contributed by atoms with E-state index in [9.17, 15) is 9.59 Å². The van der Waals surface area contributed by atoms with E-state index < -0.39 is 0 Å². The molecule has 0 unspecified atom stereocenters. The third kappa shape index (κ3) is 21.4. The highest BCUT2D eigenvalue weighted by molar-refractivity contribution is 7.99. The molecule has 0 aliphatic carbocycles. The van der Waals surface area contributed by atoms with Crippen molar-refractivity contribution in [3.63, 3.8) is 0 Å². The minimum absolute atomic E-state index is 0.129. The van der Waals surface area contributed by atoms with Crippen molar-refractivity contribution in [2.24, 2.45) is 11.8 Å². The van der Waals surface area contributed by atoms with Crippen LogP contribution < -0.4 is 0 Å². The molecule has 160 valence electrons. The first-order valence-electron chi connectivity index (χ1n) is 10.8. The van der Waals surface area contributed by atoms with Gasteiger partial charge in [0.25, 0.3) is 0 Å². The molecule has 0 saturated heterocycles. The van der Waals surface area contributed by atoms with Crippen LogP contribution in [0.2, 0.25) is 0 Å². The van der Waals surface area contributed by atoms with Crippen molar-refractivity contribution in [2.75, 3.05) is 24.7 Å². The molecule has 0 aromatic heterocycles. The number of hydrogen-bond acceptors (Lipinski definition) is 5. The average Bonchev–Trinajstić information content (AvgIpc) is 2.60. The molecule has 0 aromatic rings. The lowest BCUT2D eigenvalue weighted by Gasteiger charge is -2.07. The van der Waals surface area contributed by atoms with Crippen molar-refractivity contribution in [3.05, 3.63) is 0 Å². The van der Waals surface area contributed by atoms with Gasteiger partial charge in [-0.3, -0.25) is 9.59 Å². The average molecular weight is 403 g/mol. The molecule has 0 N–H and O–H groups in total. The number of hydrogen-bond donors (Lipinski definition) is 0. The number of carbonyl (C=O) groups is 2. The van der Waals surface area contributed by atoms with Crippen LogP contribution in [-0.4, -0.2) is 36.7 Å². The molecule has 0 bridgehead atoms. The van der Waals surface area contributed by atoms with Crippen molar-refractivity contribution >= 4 is 23.7 Å². The van der Waals surface area contributed by atoms with Crippen LogP contribution in [0.1, 0.15) is 91.9 Å². The van der Waals surface area contributed by atoms with Crippen LogP contribution in [0.25, 0.3) is 0 Å². The first-order chi connectivity index (χ1) is 12.9. The molecule has 4 nitrogen and oxygen atoms in total. The topological polar surface area (TPSA) is 52.6 Å². The summed E-state index contributed by atoms with van der Waals surface area (Å²) in [6.45, 7) is 9.98. The molecule has 0 aliphatic heterocycles. The normalized spacial score (nSPS) is 11.2. The summed E-state index contributed by atoms with van der Waals surface area (Å²) in [6, 6.07) is 0. The van der Waals surface area contributed by atoms with Crippen LogP contribution in [0, 0.1) is 11.8 Å². The van der Waals surface area contributed by atoms with Crippen LogP contribution >= 0.6 is 11.8 Å². The van der Waals surface area contributed by atoms with Crippen LogP contribution in [0.3, 0.4) is 0 Å². The van der Waals surface area contributed by atoms with E-state index >= 15 is 0 Å². The lowest BCUT2D eigenvalue weighted by atomic mass is 10.1. The van der Waals surface area contributed by atoms with Gasteiger partial charge >= 0.3 is 11.9 Å². The van der Waals surface area contributed by atoms with Gasteiger partial charge in [-0.1, -0.05) is 66.2 Å². The highest BCUT2D eigenvalue weighted by atomic mass is 32.2. The fourth-order valence-electron chi connectivity index (χ4n) is 2.59. The van der Waals surface area contributed by atoms with E-state index in [-0.39, 0.29) is 11.9 Å². The van der Waals surface area contributed by atoms with E-state index in [4.69, 9.17) is 9.47 Å². The van der Waals surface area contributed by atoms with Crippen molar-refractivity contribution in [1.29, 1.82) is 0 Å². The maximum absolute atomic E-state index is 11.6. The van der Waals surface area contributed by atoms with Gasteiger partial charge in [0.15, 0.2) is 0 Å². The van der Waals surface area contributed by atoms with Gasteiger partial charge in [-0.25, -0.2) is 0 Å². The predicted molar refractivity (Wildman–Crippen MR) is 115 cm³/mol. The SMILES string of the molecule is CC(C)CCCCCOC(=O)CCSCCC(=O)OCCCCCC(C)C. The molecule has 0 heterocycles. The lowest BCUT2D eigenvalue weighted by Crippen LogP contribution is -2.09. The van der Waals surface area contributed by atoms with Gasteiger partial charge < -0.3 is 9.47 Å². The highest BCUT2D eigenvalue weighted by Crippen LogP contribution is 2.10. The van der Waals surface area contributed by atoms with Gasteiger partial charge in [-0.2, -0.15) is 11.8 Å². The second-order valence-electron chi connectivity index (χ2n) is 8.04. The van der Waals surface area contributed by atoms with Gasteiger partial charge in [0.05, 0.1) is 26.1 Å². The maximum Gasteiger partial charge on any atom is 0.306 e. The van der Waals surface area contributed by atoms with Crippen LogP contribution in [-0.2, 0) is 19.1 Å². The molecule has 5 heteroatoms. The van der Waals surface area contributed by atoms with E-state index in [0.717, 1.165) is 37.5 Å². The monoisotopic (exact) mass is 402 g/mol. The Morgan fingerprint density at radius 1 is 0.667 bits per heavy atom. The Bertz CT molecular complexity index is 335. The van der Waals surface area contributed by atoms with Crippen LogP contribution in [0.5, 0.6) is 0 Å². The van der Waals surface area contributed by atoms with Gasteiger partial charge in [-0.15, -0.1) is 0 Å². The molecule has 27 heavy (non-hydrogen) atoms. The van der Waals surface area contributed by atoms with Crippen molar-refractivity contribution < 1.29 is 19.1 Å². The quantitative estimate of drug-likeness (QED) is 0.207. The van der Waals surface area contributed by atoms with E-state index in [1.165, 1.54) is 25.7 Å². The zero-order chi connectivity index (χ0) is 20.3. The van der Waals surface area contributed by atoms with Crippen molar-refractivity contribution in [3.8, 4) is 0 Å². The number of ether oxygens (including phenoxy) is 2. The summed E-state index contributed by atoms with van der Waals surface area (Å²) >= 11 is 1.61. The molecule has 0 aromatic carbocycles. The maximum atomic E-state index is 11.6. The Morgan fingerprint density at radius 3 is 1.44 bits per heavy atom. The molecule has 0 atom stereocenters. The lowest BCUT2D eigenvalue weighted by molar-refractivity contribution is -0.144. The Balaban J connectivity index is 3.34. The minimum Gasteiger partial charge on any atom is -0.466 e. The van der Waals surface area contributed by atoms with Crippen LogP contribution in [0.4, 0.5) is 0 Å². The first kappa shape index (κ1) is 26.3. The number of rotatable bonds is 18. The van der Waals surface area contributed by atoms with E-state index in [1.54, 1.807) is 11.8 Å². The molecule has 0 amide bonds. The van der Waals surface area contributed by atoms with Crippen molar-refractivity contribution in [1.82, 2.24) is 0 Å². The Kier molecular flexibility index (Phi) is 18.2. The number of thioether (sulfide) groups is 1. The summed E-state index contributed by atoms with van der Waals surface area (Å²) in [7, 11) is 0. The Labute approximate surface area is 171 Å². The molecule has 0 spiro atoms. The smallest absolute Gasteiger partial charge is 0.306 e. The molecule has 0 radical (unpaired) electrons. The largest absolute Gasteiger partial charge is 0.466 e. The predicted octanol–water partition coefficient (Wildman–Crippen LogP) is 6.02. The first-order valence-corrected chi connectivity index (χ1v) is 12.0. The highest BCUT2D eigenvalue weighted by Gasteiger charge is 2.06. The van der Waals surface area contributed by atoms with E-state index in [0.29, 0.717) is 37.6 Å². The number of esters is 2. The molecular formula is C22H42O4S. The Morgan fingerprint density at radius 2 is 1.07 bits per heavy atom. The Hall–Kier alpha value is -0.710. The summed E-state index contributed by atoms with van der Waals surface area (Å²) in [5.74, 6) is 2.64. The molecule has 0 saturated carbocycles. The van der Waals surface area contributed by atoms with Gasteiger partial charge in [0, 0.05) is 11.5 Å². The third-order valence-electron chi connectivity index (χ3n) is 4.28. The van der Waals surface area contributed by atoms with E-state index in [2.05, 4.69) is 27.7 Å². The molecular weight excluding hydrogens is 360 g/mol. The van der Waals surface area contributed by atoms with Gasteiger partial charge in [-0.05, 0) is 24.7 Å². The second-order valence-corrected chi connectivity index (χ2v) is 9.26. The fraction of sp³-hybridized carbons (Fsp3) is 0.909. The minimum atomic E-state index is -0.129. The zero-order valence-electron chi connectivity index (χ0n) is 18.1. The molecule has 0 fully saturated rings. The summed E-state index contributed by atoms with van der Waals surface area (Å²) in [4.78, 5) is 23.2. The summed E-state index contributed by atoms with van der Waals surface area (Å²) in [5.41, 5.74) is 0. The summed E-state index contributed by atoms with van der Waals surface area (Å²) in [5, 5.41) is 0. The van der Waals surface area contributed by atoms with Crippen LogP contribution in [0.15, 0.2) is 0 Å².